The second-order valence-corrected chi connectivity index (χ2v) is 8.42. The average Bonchev–Trinajstić information content (AvgIpc) is 3.11. The van der Waals surface area contributed by atoms with Gasteiger partial charge in [0.1, 0.15) is 0 Å². The highest BCUT2D eigenvalue weighted by atomic mass is 32.2. The van der Waals surface area contributed by atoms with Crippen molar-refractivity contribution >= 4 is 15.7 Å². The van der Waals surface area contributed by atoms with Crippen molar-refractivity contribution < 1.29 is 17.6 Å². The Morgan fingerprint density at radius 3 is 2.33 bits per heavy atom. The van der Waals surface area contributed by atoms with Crippen LogP contribution in [0.4, 0.5) is 0 Å². The Kier molecular flexibility index (Phi) is 5.46. The van der Waals surface area contributed by atoms with Crippen LogP contribution >= 0.6 is 0 Å². The summed E-state index contributed by atoms with van der Waals surface area (Å²) < 4.78 is 30.6. The lowest BCUT2D eigenvalue weighted by Crippen LogP contribution is -2.27. The second-order valence-electron chi connectivity index (χ2n) is 6.43. The van der Waals surface area contributed by atoms with E-state index in [9.17, 15) is 13.2 Å². The molecule has 0 saturated carbocycles. The van der Waals surface area contributed by atoms with Gasteiger partial charge >= 0.3 is 0 Å². The molecular formula is C21H21NO4S. The van der Waals surface area contributed by atoms with Crippen molar-refractivity contribution in [1.29, 1.82) is 0 Å². The maximum Gasteiger partial charge on any atom is 0.289 e. The number of carbonyl (C=O) groups excluding carboxylic acids is 1. The van der Waals surface area contributed by atoms with Gasteiger partial charge in [0.05, 0.1) is 16.9 Å². The molecule has 0 radical (unpaired) electrons. The van der Waals surface area contributed by atoms with Gasteiger partial charge in [0.2, 0.25) is 0 Å². The van der Waals surface area contributed by atoms with Crippen LogP contribution in [0.25, 0.3) is 0 Å². The molecule has 2 aromatic carbocycles. The van der Waals surface area contributed by atoms with Crippen molar-refractivity contribution in [1.82, 2.24) is 4.90 Å². The zero-order chi connectivity index (χ0) is 19.4. The molecule has 0 saturated heterocycles. The summed E-state index contributed by atoms with van der Waals surface area (Å²) in [7, 11) is -1.89. The zero-order valence-corrected chi connectivity index (χ0v) is 16.1. The number of sulfone groups is 1. The lowest BCUT2D eigenvalue weighted by atomic mass is 10.1. The van der Waals surface area contributed by atoms with E-state index in [0.717, 1.165) is 11.1 Å². The van der Waals surface area contributed by atoms with Crippen LogP contribution in [0.5, 0.6) is 0 Å². The van der Waals surface area contributed by atoms with Gasteiger partial charge in [0.15, 0.2) is 15.6 Å². The van der Waals surface area contributed by atoms with Crippen LogP contribution in [0.1, 0.15) is 27.2 Å². The van der Waals surface area contributed by atoms with Crippen molar-refractivity contribution in [2.24, 2.45) is 0 Å². The fraction of sp³-hybridized carbons (Fsp3) is 0.190. The first-order valence-corrected chi connectivity index (χ1v) is 10.2. The first-order chi connectivity index (χ1) is 12.9. The van der Waals surface area contributed by atoms with Gasteiger partial charge in [-0.2, -0.15) is 0 Å². The molecule has 0 unspecified atom stereocenters. The molecule has 0 fully saturated rings. The zero-order valence-electron chi connectivity index (χ0n) is 15.3. The van der Waals surface area contributed by atoms with E-state index in [1.54, 1.807) is 37.4 Å². The highest BCUT2D eigenvalue weighted by Gasteiger charge is 2.24. The predicted molar refractivity (Wildman–Crippen MR) is 103 cm³/mol. The smallest absolute Gasteiger partial charge is 0.289 e. The average molecular weight is 383 g/mol. The Labute approximate surface area is 159 Å². The summed E-state index contributed by atoms with van der Waals surface area (Å²) in [6, 6.07) is 17.5. The third kappa shape index (κ3) is 4.28. The lowest BCUT2D eigenvalue weighted by Gasteiger charge is -2.18. The van der Waals surface area contributed by atoms with Gasteiger partial charge in [-0.1, -0.05) is 42.5 Å². The molecule has 0 aliphatic carbocycles. The SMILES string of the molecule is Cc1ccccc1CN(C)C(=O)c1occc1CS(=O)(=O)c1ccccc1. The van der Waals surface area contributed by atoms with Crippen LogP contribution < -0.4 is 0 Å². The molecule has 0 N–H and O–H groups in total. The van der Waals surface area contributed by atoms with Crippen LogP contribution in [0.2, 0.25) is 0 Å². The summed E-state index contributed by atoms with van der Waals surface area (Å²) in [6.45, 7) is 2.40. The van der Waals surface area contributed by atoms with E-state index in [4.69, 9.17) is 4.42 Å². The number of amides is 1. The standard InChI is InChI=1S/C21H21NO4S/c1-16-8-6-7-9-17(16)14-22(2)21(23)20-18(12-13-26-20)15-27(24,25)19-10-4-3-5-11-19/h3-13H,14-15H2,1-2H3. The number of hydrogen-bond acceptors (Lipinski definition) is 4. The summed E-state index contributed by atoms with van der Waals surface area (Å²) in [5.74, 6) is -0.570. The molecule has 0 bridgehead atoms. The molecule has 140 valence electrons. The van der Waals surface area contributed by atoms with E-state index < -0.39 is 9.84 Å². The molecular weight excluding hydrogens is 362 g/mol. The molecule has 1 aromatic heterocycles. The molecule has 1 amide bonds. The molecule has 3 rings (SSSR count). The van der Waals surface area contributed by atoms with E-state index in [2.05, 4.69) is 0 Å². The van der Waals surface area contributed by atoms with Crippen LogP contribution in [-0.2, 0) is 22.1 Å². The van der Waals surface area contributed by atoms with Crippen molar-refractivity contribution in [3.63, 3.8) is 0 Å². The number of benzene rings is 2. The molecule has 0 spiro atoms. The molecule has 6 heteroatoms. The summed E-state index contributed by atoms with van der Waals surface area (Å²) >= 11 is 0. The molecule has 1 heterocycles. The monoisotopic (exact) mass is 383 g/mol. The normalized spacial score (nSPS) is 11.3. The van der Waals surface area contributed by atoms with Crippen molar-refractivity contribution in [2.45, 2.75) is 24.1 Å². The topological polar surface area (TPSA) is 67.6 Å². The van der Waals surface area contributed by atoms with E-state index in [0.29, 0.717) is 12.1 Å². The first-order valence-electron chi connectivity index (χ1n) is 8.52. The number of furan rings is 1. The van der Waals surface area contributed by atoms with Crippen LogP contribution in [0, 0.1) is 6.92 Å². The Bertz CT molecular complexity index is 1040. The van der Waals surface area contributed by atoms with E-state index in [1.807, 2.05) is 31.2 Å². The van der Waals surface area contributed by atoms with Crippen LogP contribution in [0.15, 0.2) is 76.2 Å². The third-order valence-corrected chi connectivity index (χ3v) is 6.09. The number of hydrogen-bond donors (Lipinski definition) is 0. The van der Waals surface area contributed by atoms with Crippen LogP contribution in [0.3, 0.4) is 0 Å². The predicted octanol–water partition coefficient (Wildman–Crippen LogP) is 3.83. The van der Waals surface area contributed by atoms with Crippen LogP contribution in [-0.4, -0.2) is 26.3 Å². The molecule has 3 aromatic rings. The van der Waals surface area contributed by atoms with Gasteiger partial charge in [-0.15, -0.1) is 0 Å². The summed E-state index contributed by atoms with van der Waals surface area (Å²) in [6.07, 6.45) is 1.35. The molecule has 27 heavy (non-hydrogen) atoms. The largest absolute Gasteiger partial charge is 0.459 e. The fourth-order valence-electron chi connectivity index (χ4n) is 2.84. The van der Waals surface area contributed by atoms with Crippen molar-refractivity contribution in [3.05, 3.63) is 89.4 Å². The molecule has 0 aliphatic heterocycles. The minimum absolute atomic E-state index is 0.0607. The number of rotatable bonds is 6. The van der Waals surface area contributed by atoms with Gasteiger partial charge in [-0.25, -0.2) is 8.42 Å². The maximum absolute atomic E-state index is 12.8. The minimum atomic E-state index is -3.56. The Morgan fingerprint density at radius 2 is 1.63 bits per heavy atom. The molecule has 0 atom stereocenters. The highest BCUT2D eigenvalue weighted by Crippen LogP contribution is 2.21. The maximum atomic E-state index is 12.8. The third-order valence-electron chi connectivity index (χ3n) is 4.40. The Hall–Kier alpha value is -2.86. The Morgan fingerprint density at radius 1 is 0.963 bits per heavy atom. The summed E-state index contributed by atoms with van der Waals surface area (Å²) in [5, 5.41) is 0. The van der Waals surface area contributed by atoms with Gasteiger partial charge in [0, 0.05) is 19.2 Å². The van der Waals surface area contributed by atoms with Gasteiger partial charge in [0.25, 0.3) is 5.91 Å². The van der Waals surface area contributed by atoms with Gasteiger partial charge < -0.3 is 9.32 Å². The van der Waals surface area contributed by atoms with Crippen molar-refractivity contribution in [3.8, 4) is 0 Å². The number of carbonyl (C=O) groups is 1. The number of nitrogens with zero attached hydrogens (tertiary/aromatic N) is 1. The Balaban J connectivity index is 1.80. The summed E-state index contributed by atoms with van der Waals surface area (Å²) in [4.78, 5) is 14.5. The second kappa shape index (κ2) is 7.80. The lowest BCUT2D eigenvalue weighted by molar-refractivity contribution is 0.0752. The first kappa shape index (κ1) is 18.9. The molecule has 0 aliphatic rings. The molecule has 5 nitrogen and oxygen atoms in total. The van der Waals surface area contributed by atoms with E-state index in [1.165, 1.54) is 17.2 Å². The summed E-state index contributed by atoms with van der Waals surface area (Å²) in [5.41, 5.74) is 2.47. The van der Waals surface area contributed by atoms with E-state index in [-0.39, 0.29) is 22.3 Å². The quantitative estimate of drug-likeness (QED) is 0.649. The van der Waals surface area contributed by atoms with Crippen molar-refractivity contribution in [2.75, 3.05) is 7.05 Å². The highest BCUT2D eigenvalue weighted by molar-refractivity contribution is 7.90. The minimum Gasteiger partial charge on any atom is -0.459 e. The number of aryl methyl sites for hydroxylation is 1. The fourth-order valence-corrected chi connectivity index (χ4v) is 4.22. The van der Waals surface area contributed by atoms with Gasteiger partial charge in [-0.3, -0.25) is 4.79 Å². The van der Waals surface area contributed by atoms with E-state index >= 15 is 0 Å². The van der Waals surface area contributed by atoms with Gasteiger partial charge in [-0.05, 0) is 36.2 Å².